The summed E-state index contributed by atoms with van der Waals surface area (Å²) < 4.78 is 70.9. The number of halogens is 5. The van der Waals surface area contributed by atoms with Crippen molar-refractivity contribution in [1.82, 2.24) is 20.3 Å². The van der Waals surface area contributed by atoms with Crippen molar-refractivity contribution in [2.24, 2.45) is 17.3 Å². The van der Waals surface area contributed by atoms with Crippen LogP contribution >= 0.6 is 0 Å². The average Bonchev–Trinajstić information content (AvgIpc) is 3.44. The van der Waals surface area contributed by atoms with Gasteiger partial charge >= 0.3 is 17.8 Å². The van der Waals surface area contributed by atoms with Crippen molar-refractivity contribution in [2.75, 3.05) is 7.11 Å². The molecule has 9 nitrogen and oxygen atoms in total. The molecule has 1 aromatic heterocycles. The maximum Gasteiger partial charge on any atom is 0.442 e. The lowest BCUT2D eigenvalue weighted by atomic mass is 9.98. The van der Waals surface area contributed by atoms with E-state index >= 15 is 0 Å². The number of ether oxygens (including phenoxy) is 1. The Bertz CT molecular complexity index is 1010. The molecule has 0 saturated carbocycles. The van der Waals surface area contributed by atoms with Gasteiger partial charge in [-0.1, -0.05) is 29.5 Å². The molecule has 2 heterocycles. The van der Waals surface area contributed by atoms with Crippen molar-refractivity contribution in [2.45, 2.75) is 30.7 Å². The maximum atomic E-state index is 13.1. The van der Waals surface area contributed by atoms with Crippen LogP contribution in [0.5, 0.6) is 0 Å². The number of alkyl halides is 5. The molecule has 0 bridgehead atoms. The molecule has 1 aromatic carbocycles. The van der Waals surface area contributed by atoms with Crippen LogP contribution < -0.4 is 5.32 Å². The average molecular weight is 446 g/mol. The Labute approximate surface area is 171 Å². The van der Waals surface area contributed by atoms with Gasteiger partial charge in [0, 0.05) is 19.0 Å². The zero-order chi connectivity index (χ0) is 23.0. The van der Waals surface area contributed by atoms with Gasteiger partial charge in [0.2, 0.25) is 0 Å². The molecule has 31 heavy (non-hydrogen) atoms. The summed E-state index contributed by atoms with van der Waals surface area (Å²) in [7, 11) is 2.23. The van der Waals surface area contributed by atoms with Crippen molar-refractivity contribution < 1.29 is 36.3 Å². The number of nitrogens with zero attached hydrogens (tertiary/aromatic N) is 5. The third-order valence-corrected chi connectivity index (χ3v) is 4.57. The number of aromatic nitrogens is 3. The van der Waals surface area contributed by atoms with Crippen molar-refractivity contribution in [3.63, 3.8) is 0 Å². The number of aryl methyl sites for hydroxylation is 1. The quantitative estimate of drug-likeness (QED) is 0.519. The molecule has 1 aliphatic rings. The summed E-state index contributed by atoms with van der Waals surface area (Å²) in [5, 5.41) is 15.2. The molecule has 0 saturated heterocycles. The number of rotatable bonds is 7. The Morgan fingerprint density at radius 3 is 2.29 bits per heavy atom. The van der Waals surface area contributed by atoms with Crippen LogP contribution in [0, 0.1) is 0 Å². The third-order valence-electron chi connectivity index (χ3n) is 4.57. The van der Waals surface area contributed by atoms with Crippen molar-refractivity contribution in [3.05, 3.63) is 46.8 Å². The molecule has 0 fully saturated rings. The molecule has 1 unspecified atom stereocenters. The molecule has 1 aliphatic heterocycles. The topological polar surface area (TPSA) is 111 Å². The third kappa shape index (κ3) is 4.22. The summed E-state index contributed by atoms with van der Waals surface area (Å²) in [6.07, 6.45) is -7.91. The second-order valence-electron chi connectivity index (χ2n) is 6.57. The number of amides is 1. The van der Waals surface area contributed by atoms with E-state index in [0.717, 1.165) is 23.9 Å². The Morgan fingerprint density at radius 2 is 1.81 bits per heavy atom. The van der Waals surface area contributed by atoms with Gasteiger partial charge in [0.05, 0.1) is 7.11 Å². The molecular formula is C17H15F5N6O3. The van der Waals surface area contributed by atoms with Crippen LogP contribution in [-0.4, -0.2) is 46.2 Å². The largest absolute Gasteiger partial charge is 0.467 e. The summed E-state index contributed by atoms with van der Waals surface area (Å²) in [5.74, 6) is -1.97. The predicted molar refractivity (Wildman–Crippen MR) is 92.0 cm³/mol. The molecule has 0 radical (unpaired) electrons. The van der Waals surface area contributed by atoms with Gasteiger partial charge in [-0.15, -0.1) is 15.3 Å². The zero-order valence-corrected chi connectivity index (χ0v) is 16.0. The highest BCUT2D eigenvalue weighted by Gasteiger charge is 2.65. The fourth-order valence-corrected chi connectivity index (χ4v) is 2.88. The van der Waals surface area contributed by atoms with Gasteiger partial charge in [-0.3, -0.25) is 4.79 Å². The highest BCUT2D eigenvalue weighted by molar-refractivity contribution is 5.96. The number of methoxy groups -OCH3 is 1. The van der Waals surface area contributed by atoms with Gasteiger partial charge in [-0.25, -0.2) is 18.3 Å². The monoisotopic (exact) mass is 446 g/mol. The smallest absolute Gasteiger partial charge is 0.442 e. The van der Waals surface area contributed by atoms with E-state index in [1.807, 2.05) is 0 Å². The summed E-state index contributed by atoms with van der Waals surface area (Å²) >= 11 is 0. The molecule has 1 amide bonds. The van der Waals surface area contributed by atoms with Crippen molar-refractivity contribution in [1.29, 1.82) is 0 Å². The second-order valence-corrected chi connectivity index (χ2v) is 6.57. The van der Waals surface area contributed by atoms with Crippen LogP contribution in [-0.2, 0) is 28.7 Å². The molecular weight excluding hydrogens is 431 g/mol. The Kier molecular flexibility index (Phi) is 5.74. The molecule has 1 atom stereocenters. The highest BCUT2D eigenvalue weighted by Crippen LogP contribution is 2.52. The van der Waals surface area contributed by atoms with E-state index in [-0.39, 0.29) is 12.0 Å². The van der Waals surface area contributed by atoms with Gasteiger partial charge < -0.3 is 10.1 Å². The first kappa shape index (κ1) is 22.2. The number of hydrogen-bond donors (Lipinski definition) is 1. The summed E-state index contributed by atoms with van der Waals surface area (Å²) in [4.78, 5) is 24.5. The molecule has 0 spiro atoms. The summed E-state index contributed by atoms with van der Waals surface area (Å²) in [5.41, 5.74) is -3.82. The lowest BCUT2D eigenvalue weighted by Gasteiger charge is -2.18. The normalized spacial score (nSPS) is 15.6. The number of hydrogen-bond acceptors (Lipinski definition) is 7. The summed E-state index contributed by atoms with van der Waals surface area (Å²) in [6.45, 7) is 0. The molecule has 2 aromatic rings. The number of benzene rings is 1. The first-order chi connectivity index (χ1) is 14.5. The lowest BCUT2D eigenvalue weighted by Crippen LogP contribution is -2.43. The van der Waals surface area contributed by atoms with Crippen molar-refractivity contribution >= 4 is 11.9 Å². The lowest BCUT2D eigenvalue weighted by molar-refractivity contribution is -0.166. The molecule has 14 heteroatoms. The van der Waals surface area contributed by atoms with E-state index in [9.17, 15) is 31.5 Å². The highest BCUT2D eigenvalue weighted by atomic mass is 19.4. The van der Waals surface area contributed by atoms with Crippen LogP contribution in [0.2, 0.25) is 0 Å². The first-order valence-corrected chi connectivity index (χ1v) is 8.66. The minimum Gasteiger partial charge on any atom is -0.467 e. The Morgan fingerprint density at radius 1 is 1.19 bits per heavy atom. The van der Waals surface area contributed by atoms with Gasteiger partial charge in [-0.05, 0) is 5.56 Å². The maximum absolute atomic E-state index is 13.1. The Balaban J connectivity index is 1.77. The van der Waals surface area contributed by atoms with Gasteiger partial charge in [-0.2, -0.15) is 13.2 Å². The van der Waals surface area contributed by atoms with E-state index < -0.39 is 47.6 Å². The van der Waals surface area contributed by atoms with Crippen LogP contribution in [0.4, 0.5) is 22.0 Å². The molecule has 0 aliphatic carbocycles. The van der Waals surface area contributed by atoms with Crippen LogP contribution in [0.3, 0.4) is 0 Å². The van der Waals surface area contributed by atoms with Crippen molar-refractivity contribution in [3.8, 4) is 0 Å². The fourth-order valence-electron chi connectivity index (χ4n) is 2.88. The Hall–Kier alpha value is -3.45. The molecule has 1 N–H and O–H groups in total. The zero-order valence-electron chi connectivity index (χ0n) is 16.0. The first-order valence-electron chi connectivity index (χ1n) is 8.66. The number of esters is 1. The summed E-state index contributed by atoms with van der Waals surface area (Å²) in [6, 6.07) is 3.60. The van der Waals surface area contributed by atoms with E-state index in [0.29, 0.717) is 5.56 Å². The predicted octanol–water partition coefficient (Wildman–Crippen LogP) is 2.45. The van der Waals surface area contributed by atoms with E-state index in [4.69, 9.17) is 0 Å². The second kappa shape index (κ2) is 8.00. The van der Waals surface area contributed by atoms with Crippen LogP contribution in [0.25, 0.3) is 0 Å². The van der Waals surface area contributed by atoms with E-state index in [1.54, 1.807) is 0 Å². The SMILES string of the molecule is COC(=O)C(Cc1ccc(C2(C(F)(F)F)N=N2)cc1)NC(=O)c1nnn(C)c1C(F)F. The van der Waals surface area contributed by atoms with Gasteiger partial charge in [0.15, 0.2) is 5.69 Å². The number of nitrogens with one attached hydrogen (secondary N) is 1. The molecule has 166 valence electrons. The minimum atomic E-state index is -4.68. The van der Waals surface area contributed by atoms with E-state index in [1.165, 1.54) is 19.2 Å². The minimum absolute atomic E-state index is 0.184. The molecule has 3 rings (SSSR count). The van der Waals surface area contributed by atoms with Gasteiger partial charge in [0.25, 0.3) is 12.3 Å². The number of carbonyl (C=O) groups excluding carboxylic acids is 2. The van der Waals surface area contributed by atoms with Gasteiger partial charge in [0.1, 0.15) is 11.7 Å². The number of carbonyl (C=O) groups is 2. The standard InChI is InChI=1S/C17H15F5N6O3/c1-28-12(13(18)19)11(24-27-28)14(29)23-10(15(30)31-2)7-8-3-5-9(6-4-8)16(25-26-16)17(20,21)22/h3-6,10,13H,7H2,1-2H3,(H,23,29). The fraction of sp³-hybridized carbons (Fsp3) is 0.412. The van der Waals surface area contributed by atoms with E-state index in [2.05, 4.69) is 30.6 Å². The van der Waals surface area contributed by atoms with Crippen LogP contribution in [0.15, 0.2) is 34.5 Å². The van der Waals surface area contributed by atoms with Crippen LogP contribution in [0.1, 0.15) is 33.7 Å².